The van der Waals surface area contributed by atoms with Gasteiger partial charge in [-0.05, 0) is 49.6 Å². The summed E-state index contributed by atoms with van der Waals surface area (Å²) in [5, 5.41) is 20.0. The highest BCUT2D eigenvalue weighted by Crippen LogP contribution is 2.37. The molecule has 2 aromatic heterocycles. The molecule has 184 valence electrons. The van der Waals surface area contributed by atoms with Gasteiger partial charge in [0.15, 0.2) is 5.82 Å². The highest BCUT2D eigenvalue weighted by atomic mass is 16.7. The maximum Gasteiger partial charge on any atom is 0.375 e. The molecule has 12 heteroatoms. The average Bonchev–Trinajstić information content (AvgIpc) is 3.38. The number of benzene rings is 1. The van der Waals surface area contributed by atoms with Crippen LogP contribution in [-0.2, 0) is 0 Å². The first-order valence-corrected chi connectivity index (χ1v) is 11.3. The number of hydrogen-bond acceptors (Lipinski definition) is 11. The standard InChI is InChI=1S/C23H27N7O5/c1-14(2)20-26-22(34-28-20)17-9-11-29(12-10-17)21-19(30(31)32)23(25-13-24-21)35-27-15(3)16-5-7-18(33-4)8-6-16/h5-8,13-14,17H,9-12H2,1-4H3/b27-15-. The van der Waals surface area contributed by atoms with Gasteiger partial charge in [0, 0.05) is 24.9 Å². The minimum absolute atomic E-state index is 0.0969. The van der Waals surface area contributed by atoms with E-state index in [1.54, 1.807) is 26.2 Å². The fourth-order valence-corrected chi connectivity index (χ4v) is 3.79. The van der Waals surface area contributed by atoms with E-state index in [1.807, 2.05) is 30.9 Å². The molecule has 0 aliphatic carbocycles. The van der Waals surface area contributed by atoms with Crippen molar-refractivity contribution in [1.29, 1.82) is 0 Å². The zero-order chi connectivity index (χ0) is 24.9. The van der Waals surface area contributed by atoms with Gasteiger partial charge in [0.25, 0.3) is 0 Å². The Bertz CT molecular complexity index is 1200. The number of anilines is 1. The van der Waals surface area contributed by atoms with E-state index in [4.69, 9.17) is 14.1 Å². The van der Waals surface area contributed by atoms with Crippen molar-refractivity contribution in [2.75, 3.05) is 25.1 Å². The third-order valence-corrected chi connectivity index (χ3v) is 5.85. The molecule has 1 saturated heterocycles. The summed E-state index contributed by atoms with van der Waals surface area (Å²) >= 11 is 0. The number of hydrogen-bond donors (Lipinski definition) is 0. The molecule has 3 heterocycles. The zero-order valence-corrected chi connectivity index (χ0v) is 20.0. The van der Waals surface area contributed by atoms with E-state index in [1.165, 1.54) is 6.33 Å². The van der Waals surface area contributed by atoms with Crippen LogP contribution >= 0.6 is 0 Å². The molecule has 3 aromatic rings. The molecule has 0 N–H and O–H groups in total. The Balaban J connectivity index is 1.49. The van der Waals surface area contributed by atoms with Crippen molar-refractivity contribution < 1.29 is 19.0 Å². The minimum atomic E-state index is -0.540. The van der Waals surface area contributed by atoms with Crippen molar-refractivity contribution >= 4 is 17.2 Å². The van der Waals surface area contributed by atoms with Crippen LogP contribution in [-0.4, -0.2) is 50.9 Å². The van der Waals surface area contributed by atoms with Crippen LogP contribution in [0, 0.1) is 10.1 Å². The molecular weight excluding hydrogens is 454 g/mol. The highest BCUT2D eigenvalue weighted by Gasteiger charge is 2.33. The largest absolute Gasteiger partial charge is 0.497 e. The maximum atomic E-state index is 11.9. The van der Waals surface area contributed by atoms with Crippen molar-refractivity contribution in [3.8, 4) is 11.6 Å². The van der Waals surface area contributed by atoms with E-state index in [9.17, 15) is 10.1 Å². The molecule has 12 nitrogen and oxygen atoms in total. The summed E-state index contributed by atoms with van der Waals surface area (Å²) in [6.45, 7) is 6.83. The molecule has 1 aromatic carbocycles. The second-order valence-electron chi connectivity index (χ2n) is 8.51. The van der Waals surface area contributed by atoms with Crippen molar-refractivity contribution in [3.63, 3.8) is 0 Å². The van der Waals surface area contributed by atoms with E-state index in [0.717, 1.165) is 5.56 Å². The second-order valence-corrected chi connectivity index (χ2v) is 8.51. The Morgan fingerprint density at radius 3 is 2.54 bits per heavy atom. The molecule has 0 bridgehead atoms. The molecule has 1 aliphatic heterocycles. The van der Waals surface area contributed by atoms with Crippen LogP contribution in [0.25, 0.3) is 0 Å². The monoisotopic (exact) mass is 481 g/mol. The number of ether oxygens (including phenoxy) is 1. The molecule has 0 unspecified atom stereocenters. The molecule has 0 spiro atoms. The quantitative estimate of drug-likeness (QED) is 0.262. The van der Waals surface area contributed by atoms with Crippen molar-refractivity contribution in [2.45, 2.75) is 45.4 Å². The van der Waals surface area contributed by atoms with E-state index in [2.05, 4.69) is 25.3 Å². The van der Waals surface area contributed by atoms with E-state index >= 15 is 0 Å². The Kier molecular flexibility index (Phi) is 7.18. The molecule has 0 radical (unpaired) electrons. The van der Waals surface area contributed by atoms with E-state index in [0.29, 0.717) is 49.1 Å². The molecule has 4 rings (SSSR count). The van der Waals surface area contributed by atoms with Gasteiger partial charge in [-0.3, -0.25) is 10.1 Å². The Labute approximate surface area is 202 Å². The first-order chi connectivity index (χ1) is 16.9. The number of aromatic nitrogens is 4. The maximum absolute atomic E-state index is 11.9. The van der Waals surface area contributed by atoms with Crippen LogP contribution in [0.2, 0.25) is 0 Å². The lowest BCUT2D eigenvalue weighted by atomic mass is 9.96. The SMILES string of the molecule is COc1ccc(/C(C)=N\Oc2ncnc(N3CCC(c4nc(C(C)C)no4)CC3)c2[N+](=O)[O-])cc1. The fourth-order valence-electron chi connectivity index (χ4n) is 3.79. The predicted molar refractivity (Wildman–Crippen MR) is 127 cm³/mol. The van der Waals surface area contributed by atoms with Crippen LogP contribution in [0.5, 0.6) is 11.6 Å². The molecule has 1 fully saturated rings. The summed E-state index contributed by atoms with van der Waals surface area (Å²) in [6, 6.07) is 7.22. The minimum Gasteiger partial charge on any atom is -0.497 e. The lowest BCUT2D eigenvalue weighted by molar-refractivity contribution is -0.385. The molecular formula is C23H27N7O5. The van der Waals surface area contributed by atoms with Gasteiger partial charge in [-0.15, -0.1) is 0 Å². The third-order valence-electron chi connectivity index (χ3n) is 5.85. The van der Waals surface area contributed by atoms with Gasteiger partial charge in [0.05, 0.1) is 17.7 Å². The average molecular weight is 482 g/mol. The lowest BCUT2D eigenvalue weighted by Gasteiger charge is -2.30. The van der Waals surface area contributed by atoms with Crippen LogP contribution in [0.3, 0.4) is 0 Å². The Morgan fingerprint density at radius 2 is 1.94 bits per heavy atom. The number of oxime groups is 1. The predicted octanol–water partition coefficient (Wildman–Crippen LogP) is 4.09. The third kappa shape index (κ3) is 5.36. The number of piperidine rings is 1. The Hall–Kier alpha value is -4.09. The molecule has 1 aliphatic rings. The molecule has 35 heavy (non-hydrogen) atoms. The smallest absolute Gasteiger partial charge is 0.375 e. The number of methoxy groups -OCH3 is 1. The Morgan fingerprint density at radius 1 is 1.23 bits per heavy atom. The van der Waals surface area contributed by atoms with Gasteiger partial charge < -0.3 is 19.0 Å². The zero-order valence-electron chi connectivity index (χ0n) is 20.0. The van der Waals surface area contributed by atoms with Crippen LogP contribution in [0.1, 0.15) is 62.7 Å². The molecule has 0 amide bonds. The fraction of sp³-hybridized carbons (Fsp3) is 0.435. The van der Waals surface area contributed by atoms with Crippen LogP contribution < -0.4 is 14.5 Å². The number of nitro groups is 1. The topological polar surface area (TPSA) is 142 Å². The van der Waals surface area contributed by atoms with Gasteiger partial charge in [-0.2, -0.15) is 9.97 Å². The first kappa shape index (κ1) is 24.0. The normalized spacial score (nSPS) is 14.9. The molecule has 0 atom stereocenters. The van der Waals surface area contributed by atoms with Crippen LogP contribution in [0.15, 0.2) is 40.3 Å². The van der Waals surface area contributed by atoms with Crippen LogP contribution in [0.4, 0.5) is 11.5 Å². The van der Waals surface area contributed by atoms with E-state index in [-0.39, 0.29) is 29.2 Å². The van der Waals surface area contributed by atoms with Crippen molar-refractivity contribution in [1.82, 2.24) is 20.1 Å². The van der Waals surface area contributed by atoms with Gasteiger partial charge in [0.2, 0.25) is 11.7 Å². The van der Waals surface area contributed by atoms with Gasteiger partial charge >= 0.3 is 11.6 Å². The summed E-state index contributed by atoms with van der Waals surface area (Å²) in [5.74, 6) is 2.27. The molecule has 0 saturated carbocycles. The summed E-state index contributed by atoms with van der Waals surface area (Å²) in [7, 11) is 1.58. The van der Waals surface area contributed by atoms with E-state index < -0.39 is 4.92 Å². The van der Waals surface area contributed by atoms with Gasteiger partial charge in [-0.25, -0.2) is 4.98 Å². The lowest BCUT2D eigenvalue weighted by Crippen LogP contribution is -2.34. The first-order valence-electron chi connectivity index (χ1n) is 11.3. The number of rotatable bonds is 8. The summed E-state index contributed by atoms with van der Waals surface area (Å²) in [5.41, 5.74) is 0.992. The summed E-state index contributed by atoms with van der Waals surface area (Å²) < 4.78 is 10.6. The van der Waals surface area contributed by atoms with Gasteiger partial charge in [-0.1, -0.05) is 24.2 Å². The van der Waals surface area contributed by atoms with Crippen molar-refractivity contribution in [3.05, 3.63) is 58.0 Å². The highest BCUT2D eigenvalue weighted by molar-refractivity contribution is 5.98. The van der Waals surface area contributed by atoms with Crippen molar-refractivity contribution in [2.24, 2.45) is 5.16 Å². The number of nitrogens with zero attached hydrogens (tertiary/aromatic N) is 7. The summed E-state index contributed by atoms with van der Waals surface area (Å²) in [6.07, 6.45) is 2.65. The van der Waals surface area contributed by atoms with Gasteiger partial charge in [0.1, 0.15) is 12.1 Å². The summed E-state index contributed by atoms with van der Waals surface area (Å²) in [4.78, 5) is 31.3. The second kappa shape index (κ2) is 10.5.